The Balaban J connectivity index is 1.43. The molecule has 2 aliphatic rings. The van der Waals surface area contributed by atoms with Gasteiger partial charge in [-0.25, -0.2) is 4.39 Å². The van der Waals surface area contributed by atoms with Gasteiger partial charge in [0.1, 0.15) is 6.10 Å². The first-order chi connectivity index (χ1) is 12.6. The van der Waals surface area contributed by atoms with Crippen molar-refractivity contribution in [1.82, 2.24) is 9.88 Å². The van der Waals surface area contributed by atoms with Crippen LogP contribution >= 0.6 is 0 Å². The highest BCUT2D eigenvalue weighted by Crippen LogP contribution is 2.29. The predicted molar refractivity (Wildman–Crippen MR) is 98.3 cm³/mol. The Hall–Kier alpha value is -1.92. The van der Waals surface area contributed by atoms with Crippen LogP contribution in [0.5, 0.6) is 5.75 Å². The van der Waals surface area contributed by atoms with Gasteiger partial charge in [0.05, 0.1) is 12.0 Å². The number of benzene rings is 1. The molecule has 5 nitrogen and oxygen atoms in total. The Morgan fingerprint density at radius 3 is 2.85 bits per heavy atom. The molecule has 2 aliphatic heterocycles. The van der Waals surface area contributed by atoms with E-state index in [0.29, 0.717) is 22.3 Å². The van der Waals surface area contributed by atoms with Crippen molar-refractivity contribution in [1.29, 1.82) is 0 Å². The van der Waals surface area contributed by atoms with Crippen LogP contribution in [0, 0.1) is 18.7 Å². The third kappa shape index (κ3) is 3.48. The van der Waals surface area contributed by atoms with Crippen LogP contribution in [0.1, 0.15) is 24.8 Å². The number of halogens is 1. The first-order valence-electron chi connectivity index (χ1n) is 9.39. The van der Waals surface area contributed by atoms with Crippen molar-refractivity contribution in [2.45, 2.75) is 32.3 Å². The quantitative estimate of drug-likeness (QED) is 0.911. The van der Waals surface area contributed by atoms with Crippen LogP contribution < -0.4 is 10.3 Å². The summed E-state index contributed by atoms with van der Waals surface area (Å²) in [4.78, 5) is 17.0. The number of fused-ring (bicyclic) bond motifs is 1. The summed E-state index contributed by atoms with van der Waals surface area (Å²) in [6, 6.07) is 3.23. The Kier molecular flexibility index (Phi) is 4.96. The molecular formula is C20H25FN2O3. The van der Waals surface area contributed by atoms with Crippen LogP contribution in [0.4, 0.5) is 4.39 Å². The predicted octanol–water partition coefficient (Wildman–Crippen LogP) is 2.86. The zero-order chi connectivity index (χ0) is 18.1. The lowest BCUT2D eigenvalue weighted by Gasteiger charge is -2.33. The monoisotopic (exact) mass is 360 g/mol. The van der Waals surface area contributed by atoms with Gasteiger partial charge in [-0.05, 0) is 49.8 Å². The van der Waals surface area contributed by atoms with Crippen LogP contribution in [0.3, 0.4) is 0 Å². The zero-order valence-electron chi connectivity index (χ0n) is 15.1. The number of likely N-dealkylation sites (tertiary alicyclic amines) is 1. The van der Waals surface area contributed by atoms with Crippen LogP contribution in [0.15, 0.2) is 23.1 Å². The van der Waals surface area contributed by atoms with E-state index in [1.165, 1.54) is 0 Å². The lowest BCUT2D eigenvalue weighted by molar-refractivity contribution is 0.0856. The Morgan fingerprint density at radius 2 is 2.12 bits per heavy atom. The molecule has 26 heavy (non-hydrogen) atoms. The minimum atomic E-state index is -0.434. The summed E-state index contributed by atoms with van der Waals surface area (Å²) in [5, 5.41) is 0.716. The summed E-state index contributed by atoms with van der Waals surface area (Å²) >= 11 is 0. The molecule has 140 valence electrons. The van der Waals surface area contributed by atoms with Crippen molar-refractivity contribution in [3.05, 3.63) is 40.1 Å². The van der Waals surface area contributed by atoms with E-state index >= 15 is 0 Å². The van der Waals surface area contributed by atoms with Gasteiger partial charge in [0.2, 0.25) is 0 Å². The van der Waals surface area contributed by atoms with Crippen molar-refractivity contribution in [2.75, 3.05) is 32.8 Å². The van der Waals surface area contributed by atoms with Crippen molar-refractivity contribution >= 4 is 10.8 Å². The fraction of sp³-hybridized carbons (Fsp3) is 0.550. The molecule has 0 spiro atoms. The number of H-pyrrole nitrogens is 1. The lowest BCUT2D eigenvalue weighted by atomic mass is 10.0. The molecule has 1 unspecified atom stereocenters. The van der Waals surface area contributed by atoms with Crippen LogP contribution in [0.25, 0.3) is 10.8 Å². The number of rotatable bonds is 4. The van der Waals surface area contributed by atoms with Crippen LogP contribution in [-0.4, -0.2) is 48.8 Å². The molecule has 1 aromatic heterocycles. The summed E-state index contributed by atoms with van der Waals surface area (Å²) in [5.74, 6) is 0.456. The molecule has 0 saturated carbocycles. The second-order valence-electron chi connectivity index (χ2n) is 7.45. The molecule has 2 saturated heterocycles. The fourth-order valence-electron chi connectivity index (χ4n) is 4.03. The number of aromatic nitrogens is 1. The molecule has 4 rings (SSSR count). The SMILES string of the molecule is Cc1c[nH]c(=O)c2ccc(OC3CCN(CC4CCOC4)CC3)c(F)c12. The van der Waals surface area contributed by atoms with Gasteiger partial charge in [0, 0.05) is 37.8 Å². The van der Waals surface area contributed by atoms with Gasteiger partial charge in [-0.1, -0.05) is 0 Å². The molecular weight excluding hydrogens is 335 g/mol. The number of aryl methyl sites for hydroxylation is 1. The Morgan fingerprint density at radius 1 is 1.31 bits per heavy atom. The first-order valence-corrected chi connectivity index (χ1v) is 9.39. The van der Waals surface area contributed by atoms with Gasteiger partial charge in [0.25, 0.3) is 5.56 Å². The van der Waals surface area contributed by atoms with E-state index in [2.05, 4.69) is 9.88 Å². The number of pyridine rings is 1. The second kappa shape index (κ2) is 7.37. The topological polar surface area (TPSA) is 54.6 Å². The highest BCUT2D eigenvalue weighted by Gasteiger charge is 2.25. The average molecular weight is 360 g/mol. The maximum Gasteiger partial charge on any atom is 0.255 e. The fourth-order valence-corrected chi connectivity index (χ4v) is 4.03. The Labute approximate surface area is 152 Å². The molecule has 0 aliphatic carbocycles. The van der Waals surface area contributed by atoms with Crippen LogP contribution in [-0.2, 0) is 4.74 Å². The molecule has 2 aromatic rings. The summed E-state index contributed by atoms with van der Waals surface area (Å²) < 4.78 is 26.3. The first kappa shape index (κ1) is 17.5. The van der Waals surface area contributed by atoms with Crippen molar-refractivity contribution in [3.63, 3.8) is 0 Å². The summed E-state index contributed by atoms with van der Waals surface area (Å²) in [6.45, 7) is 6.56. The number of nitrogens with zero attached hydrogens (tertiary/aromatic N) is 1. The minimum Gasteiger partial charge on any atom is -0.487 e. The van der Waals surface area contributed by atoms with Gasteiger partial charge < -0.3 is 19.4 Å². The van der Waals surface area contributed by atoms with Gasteiger partial charge in [-0.2, -0.15) is 0 Å². The third-order valence-corrected chi connectivity index (χ3v) is 5.53. The van der Waals surface area contributed by atoms with E-state index in [0.717, 1.165) is 52.1 Å². The van der Waals surface area contributed by atoms with Crippen molar-refractivity contribution < 1.29 is 13.9 Å². The largest absolute Gasteiger partial charge is 0.487 e. The number of piperidine rings is 1. The maximum absolute atomic E-state index is 14.9. The second-order valence-corrected chi connectivity index (χ2v) is 7.45. The highest BCUT2D eigenvalue weighted by molar-refractivity contribution is 5.86. The molecule has 1 aromatic carbocycles. The van der Waals surface area contributed by atoms with Crippen molar-refractivity contribution in [2.24, 2.45) is 5.92 Å². The number of hydrogen-bond donors (Lipinski definition) is 1. The maximum atomic E-state index is 14.9. The molecule has 1 atom stereocenters. The van der Waals surface area contributed by atoms with Gasteiger partial charge in [-0.15, -0.1) is 0 Å². The van der Waals surface area contributed by atoms with E-state index in [1.807, 2.05) is 0 Å². The molecule has 0 radical (unpaired) electrons. The number of ether oxygens (including phenoxy) is 2. The van der Waals surface area contributed by atoms with Gasteiger partial charge >= 0.3 is 0 Å². The van der Waals surface area contributed by atoms with E-state index in [-0.39, 0.29) is 17.4 Å². The van der Waals surface area contributed by atoms with E-state index in [1.54, 1.807) is 25.3 Å². The van der Waals surface area contributed by atoms with Crippen molar-refractivity contribution in [3.8, 4) is 5.75 Å². The van der Waals surface area contributed by atoms with Gasteiger partial charge in [0.15, 0.2) is 11.6 Å². The van der Waals surface area contributed by atoms with Gasteiger partial charge in [-0.3, -0.25) is 4.79 Å². The third-order valence-electron chi connectivity index (χ3n) is 5.53. The molecule has 0 amide bonds. The lowest BCUT2D eigenvalue weighted by Crippen LogP contribution is -2.40. The Bertz CT molecular complexity index is 837. The van der Waals surface area contributed by atoms with E-state index in [4.69, 9.17) is 9.47 Å². The zero-order valence-corrected chi connectivity index (χ0v) is 15.1. The number of aromatic amines is 1. The average Bonchev–Trinajstić information content (AvgIpc) is 3.15. The summed E-state index contributed by atoms with van der Waals surface area (Å²) in [7, 11) is 0. The summed E-state index contributed by atoms with van der Waals surface area (Å²) in [6.07, 6.45) is 4.49. The summed E-state index contributed by atoms with van der Waals surface area (Å²) in [5.41, 5.74) is 0.427. The standard InChI is InChI=1S/C20H25FN2O3/c1-13-10-22-20(24)16-2-3-17(19(21)18(13)16)26-15-4-7-23(8-5-15)11-14-6-9-25-12-14/h2-3,10,14-15H,4-9,11-12H2,1H3,(H,22,24). The van der Waals surface area contributed by atoms with Crippen LogP contribution in [0.2, 0.25) is 0 Å². The smallest absolute Gasteiger partial charge is 0.255 e. The molecule has 6 heteroatoms. The molecule has 3 heterocycles. The number of nitrogens with one attached hydrogen (secondary N) is 1. The molecule has 2 fully saturated rings. The molecule has 0 bridgehead atoms. The van der Waals surface area contributed by atoms with E-state index in [9.17, 15) is 9.18 Å². The minimum absolute atomic E-state index is 0.0142. The highest BCUT2D eigenvalue weighted by atomic mass is 19.1. The van der Waals surface area contributed by atoms with E-state index < -0.39 is 5.82 Å². The number of hydrogen-bond acceptors (Lipinski definition) is 4. The molecule has 1 N–H and O–H groups in total. The normalized spacial score (nSPS) is 22.2.